The molecule has 0 spiro atoms. The number of nitrogens with two attached hydrogens (primary N) is 1. The van der Waals surface area contributed by atoms with E-state index >= 15 is 0 Å². The highest BCUT2D eigenvalue weighted by Gasteiger charge is 2.17. The summed E-state index contributed by atoms with van der Waals surface area (Å²) >= 11 is 1.46. The molecule has 0 aromatic carbocycles. The molecule has 0 amide bonds. The highest BCUT2D eigenvalue weighted by Crippen LogP contribution is 2.27. The van der Waals surface area contributed by atoms with Gasteiger partial charge in [-0.2, -0.15) is 9.97 Å². The summed E-state index contributed by atoms with van der Waals surface area (Å²) in [6, 6.07) is 0. The second-order valence-corrected chi connectivity index (χ2v) is 5.02. The Morgan fingerprint density at radius 3 is 2.78 bits per heavy atom. The van der Waals surface area contributed by atoms with Crippen molar-refractivity contribution in [3.05, 3.63) is 5.69 Å². The van der Waals surface area contributed by atoms with Crippen molar-refractivity contribution >= 4 is 32.8 Å². The SMILES string of the molecule is Cc1nc(N2CCOCC2)nc2nc(NN)sc12. The topological polar surface area (TPSA) is 89.2 Å². The molecular weight excluding hydrogens is 252 g/mol. The molecule has 3 heterocycles. The summed E-state index contributed by atoms with van der Waals surface area (Å²) in [7, 11) is 0. The number of hydrogen-bond donors (Lipinski definition) is 2. The van der Waals surface area contributed by atoms with Gasteiger partial charge < -0.3 is 9.64 Å². The summed E-state index contributed by atoms with van der Waals surface area (Å²) in [6.45, 7) is 5.03. The minimum Gasteiger partial charge on any atom is -0.378 e. The molecule has 3 rings (SSSR count). The molecule has 2 aromatic heterocycles. The molecule has 1 aliphatic heterocycles. The molecule has 0 bridgehead atoms. The standard InChI is InChI=1S/C10H14N6OS/c1-6-7-8(14-10(15-11)18-7)13-9(12-6)16-2-4-17-5-3-16/h2-5,11H2,1H3,(H,12,13,14,15). The third-order valence-corrected chi connectivity index (χ3v) is 3.91. The number of anilines is 2. The van der Waals surface area contributed by atoms with Crippen LogP contribution in [0.15, 0.2) is 0 Å². The van der Waals surface area contributed by atoms with E-state index in [1.807, 2.05) is 6.92 Å². The Kier molecular flexibility index (Phi) is 2.98. The van der Waals surface area contributed by atoms with Gasteiger partial charge in [-0.15, -0.1) is 0 Å². The third kappa shape index (κ3) is 1.98. The Morgan fingerprint density at radius 1 is 1.28 bits per heavy atom. The molecule has 96 valence electrons. The quantitative estimate of drug-likeness (QED) is 0.605. The third-order valence-electron chi connectivity index (χ3n) is 2.83. The minimum absolute atomic E-state index is 0.654. The number of hydrazine groups is 1. The van der Waals surface area contributed by atoms with Crippen LogP contribution in [0.3, 0.4) is 0 Å². The predicted octanol–water partition coefficient (Wildman–Crippen LogP) is 0.517. The molecule has 2 aromatic rings. The monoisotopic (exact) mass is 266 g/mol. The van der Waals surface area contributed by atoms with Gasteiger partial charge >= 0.3 is 0 Å². The molecule has 1 saturated heterocycles. The zero-order chi connectivity index (χ0) is 12.5. The maximum atomic E-state index is 5.37. The first-order valence-electron chi connectivity index (χ1n) is 5.72. The normalized spacial score (nSPS) is 16.2. The predicted molar refractivity (Wildman–Crippen MR) is 70.8 cm³/mol. The lowest BCUT2D eigenvalue weighted by Crippen LogP contribution is -2.37. The molecule has 1 aliphatic rings. The van der Waals surface area contributed by atoms with Crippen LogP contribution in [0.25, 0.3) is 10.3 Å². The van der Waals surface area contributed by atoms with E-state index < -0.39 is 0 Å². The number of nitrogen functional groups attached to an aromatic ring is 1. The van der Waals surface area contributed by atoms with Gasteiger partial charge in [-0.05, 0) is 6.92 Å². The maximum Gasteiger partial charge on any atom is 0.227 e. The number of nitrogens with zero attached hydrogens (tertiary/aromatic N) is 4. The van der Waals surface area contributed by atoms with Crippen LogP contribution >= 0.6 is 11.3 Å². The fourth-order valence-electron chi connectivity index (χ4n) is 1.91. The average molecular weight is 266 g/mol. The Hall–Kier alpha value is -1.51. The van der Waals surface area contributed by atoms with Crippen LogP contribution in [0.4, 0.5) is 11.1 Å². The van der Waals surface area contributed by atoms with Crippen LogP contribution in [0.5, 0.6) is 0 Å². The average Bonchev–Trinajstić information content (AvgIpc) is 2.83. The van der Waals surface area contributed by atoms with Crippen LogP contribution < -0.4 is 16.2 Å². The Balaban J connectivity index is 2.02. The number of hydrogen-bond acceptors (Lipinski definition) is 8. The van der Waals surface area contributed by atoms with Gasteiger partial charge in [-0.3, -0.25) is 5.43 Å². The largest absolute Gasteiger partial charge is 0.378 e. The Morgan fingerprint density at radius 2 is 2.06 bits per heavy atom. The van der Waals surface area contributed by atoms with E-state index in [4.69, 9.17) is 10.6 Å². The molecular formula is C10H14N6OS. The lowest BCUT2D eigenvalue weighted by atomic mass is 10.4. The van der Waals surface area contributed by atoms with Crippen molar-refractivity contribution in [3.63, 3.8) is 0 Å². The van der Waals surface area contributed by atoms with Gasteiger partial charge in [0.2, 0.25) is 5.95 Å². The van der Waals surface area contributed by atoms with Crippen molar-refractivity contribution in [2.45, 2.75) is 6.92 Å². The van der Waals surface area contributed by atoms with Gasteiger partial charge in [0, 0.05) is 13.1 Å². The van der Waals surface area contributed by atoms with E-state index in [0.717, 1.165) is 29.4 Å². The van der Waals surface area contributed by atoms with Gasteiger partial charge in [-0.1, -0.05) is 11.3 Å². The molecule has 18 heavy (non-hydrogen) atoms. The number of nitrogens with one attached hydrogen (secondary N) is 1. The van der Waals surface area contributed by atoms with Gasteiger partial charge in [0.1, 0.15) is 0 Å². The first kappa shape index (κ1) is 11.6. The fourth-order valence-corrected chi connectivity index (χ4v) is 2.67. The minimum atomic E-state index is 0.654. The van der Waals surface area contributed by atoms with Crippen LogP contribution in [-0.2, 0) is 4.74 Å². The highest BCUT2D eigenvalue weighted by atomic mass is 32.1. The van der Waals surface area contributed by atoms with E-state index in [1.165, 1.54) is 11.3 Å². The number of morpholine rings is 1. The van der Waals surface area contributed by atoms with Crippen molar-refractivity contribution in [1.29, 1.82) is 0 Å². The number of fused-ring (bicyclic) bond motifs is 1. The molecule has 0 saturated carbocycles. The summed E-state index contributed by atoms with van der Waals surface area (Å²) in [6.07, 6.45) is 0. The van der Waals surface area contributed by atoms with Crippen molar-refractivity contribution in [1.82, 2.24) is 15.0 Å². The van der Waals surface area contributed by atoms with Gasteiger partial charge in [0.05, 0.1) is 23.6 Å². The lowest BCUT2D eigenvalue weighted by molar-refractivity contribution is 0.122. The second-order valence-electron chi connectivity index (χ2n) is 4.02. The lowest BCUT2D eigenvalue weighted by Gasteiger charge is -2.26. The fraction of sp³-hybridized carbons (Fsp3) is 0.500. The van der Waals surface area contributed by atoms with E-state index in [0.29, 0.717) is 24.0 Å². The zero-order valence-corrected chi connectivity index (χ0v) is 10.8. The van der Waals surface area contributed by atoms with Crippen LogP contribution in [0, 0.1) is 6.92 Å². The van der Waals surface area contributed by atoms with E-state index in [1.54, 1.807) is 0 Å². The van der Waals surface area contributed by atoms with E-state index in [2.05, 4.69) is 25.3 Å². The van der Waals surface area contributed by atoms with Gasteiger partial charge in [-0.25, -0.2) is 10.8 Å². The molecule has 0 atom stereocenters. The molecule has 7 nitrogen and oxygen atoms in total. The highest BCUT2D eigenvalue weighted by molar-refractivity contribution is 7.22. The van der Waals surface area contributed by atoms with Gasteiger partial charge in [0.15, 0.2) is 10.8 Å². The number of aryl methyl sites for hydroxylation is 1. The zero-order valence-electron chi connectivity index (χ0n) is 10.0. The summed E-state index contributed by atoms with van der Waals surface area (Å²) in [4.78, 5) is 15.5. The van der Waals surface area contributed by atoms with E-state index in [9.17, 15) is 0 Å². The Bertz CT molecular complexity index is 565. The number of ether oxygens (including phenoxy) is 1. The number of aromatic nitrogens is 3. The second kappa shape index (κ2) is 4.63. The summed E-state index contributed by atoms with van der Waals surface area (Å²) in [5.41, 5.74) is 4.18. The van der Waals surface area contributed by atoms with Crippen molar-refractivity contribution < 1.29 is 4.74 Å². The van der Waals surface area contributed by atoms with Crippen molar-refractivity contribution in [3.8, 4) is 0 Å². The summed E-state index contributed by atoms with van der Waals surface area (Å²) in [5.74, 6) is 6.09. The van der Waals surface area contributed by atoms with Crippen molar-refractivity contribution in [2.24, 2.45) is 5.84 Å². The van der Waals surface area contributed by atoms with E-state index in [-0.39, 0.29) is 0 Å². The maximum absolute atomic E-state index is 5.37. The van der Waals surface area contributed by atoms with Crippen molar-refractivity contribution in [2.75, 3.05) is 36.6 Å². The Labute approximate surface area is 108 Å². The molecule has 0 radical (unpaired) electrons. The summed E-state index contributed by atoms with van der Waals surface area (Å²) in [5, 5.41) is 0.654. The first-order valence-corrected chi connectivity index (χ1v) is 6.54. The summed E-state index contributed by atoms with van der Waals surface area (Å²) < 4.78 is 6.30. The number of rotatable bonds is 2. The smallest absolute Gasteiger partial charge is 0.227 e. The molecule has 8 heteroatoms. The molecule has 3 N–H and O–H groups in total. The molecule has 0 aliphatic carbocycles. The van der Waals surface area contributed by atoms with Crippen LogP contribution in [-0.4, -0.2) is 41.3 Å². The van der Waals surface area contributed by atoms with Crippen LogP contribution in [0.1, 0.15) is 5.69 Å². The first-order chi connectivity index (χ1) is 8.78. The molecule has 0 unspecified atom stereocenters. The van der Waals surface area contributed by atoms with Gasteiger partial charge in [0.25, 0.3) is 0 Å². The van der Waals surface area contributed by atoms with Crippen LogP contribution in [0.2, 0.25) is 0 Å². The number of thiazole rings is 1. The molecule has 1 fully saturated rings.